The van der Waals surface area contributed by atoms with E-state index in [2.05, 4.69) is 231 Å². The van der Waals surface area contributed by atoms with Crippen molar-refractivity contribution in [1.29, 1.82) is 0 Å². The van der Waals surface area contributed by atoms with Gasteiger partial charge in [0.05, 0.1) is 0 Å². The lowest BCUT2D eigenvalue weighted by atomic mass is 9.82. The predicted molar refractivity (Wildman–Crippen MR) is 265 cm³/mol. The van der Waals surface area contributed by atoms with Crippen molar-refractivity contribution in [3.63, 3.8) is 0 Å². The summed E-state index contributed by atoms with van der Waals surface area (Å²) in [6.07, 6.45) is 0. The number of anilines is 3. The number of hydrogen-bond donors (Lipinski definition) is 0. The SMILES string of the molecule is CC1(C)c2ccccc2-c2ccc(N(c3ccc(-c4cccc(-c5cccc(-c6ccc7ccccc7c6)c5)c4)cc3)c3ccc(-c4ccc5c(c4)oc4ccccc45)cc3)cc21. The second-order valence-electron chi connectivity index (χ2n) is 17.4. The normalized spacial score (nSPS) is 12.7. The Kier molecular flexibility index (Phi) is 8.55. The van der Waals surface area contributed by atoms with Crippen LogP contribution < -0.4 is 4.90 Å². The molecule has 0 unspecified atom stereocenters. The lowest BCUT2D eigenvalue weighted by Gasteiger charge is -2.28. The highest BCUT2D eigenvalue weighted by Crippen LogP contribution is 2.51. The number of hydrogen-bond acceptors (Lipinski definition) is 2. The van der Waals surface area contributed by atoms with Crippen LogP contribution in [0.4, 0.5) is 17.1 Å². The van der Waals surface area contributed by atoms with Crippen LogP contribution in [0.3, 0.4) is 0 Å². The summed E-state index contributed by atoms with van der Waals surface area (Å²) in [5.74, 6) is 0. The molecule has 10 aromatic carbocycles. The maximum absolute atomic E-state index is 6.26. The molecule has 1 aliphatic rings. The van der Waals surface area contributed by atoms with Gasteiger partial charge in [0.25, 0.3) is 0 Å². The van der Waals surface area contributed by atoms with Crippen molar-refractivity contribution in [1.82, 2.24) is 0 Å². The Morgan fingerprint density at radius 1 is 0.317 bits per heavy atom. The van der Waals surface area contributed by atoms with E-state index in [1.807, 2.05) is 12.1 Å². The fraction of sp³-hybridized carbons (Fsp3) is 0.0492. The van der Waals surface area contributed by atoms with Crippen LogP contribution in [0.25, 0.3) is 88.3 Å². The Bertz CT molecular complexity index is 3540. The molecule has 0 saturated heterocycles. The molecular formula is C61H43NO. The summed E-state index contributed by atoms with van der Waals surface area (Å²) in [5, 5.41) is 4.80. The quantitative estimate of drug-likeness (QED) is 0.160. The highest BCUT2D eigenvalue weighted by molar-refractivity contribution is 6.06. The summed E-state index contributed by atoms with van der Waals surface area (Å²) in [6.45, 7) is 4.70. The summed E-state index contributed by atoms with van der Waals surface area (Å²) in [4.78, 5) is 2.39. The van der Waals surface area contributed by atoms with Gasteiger partial charge in [-0.3, -0.25) is 0 Å². The van der Waals surface area contributed by atoms with Gasteiger partial charge in [-0.2, -0.15) is 0 Å². The fourth-order valence-corrected chi connectivity index (χ4v) is 9.92. The second kappa shape index (κ2) is 14.6. The van der Waals surface area contributed by atoms with Crippen LogP contribution in [0, 0.1) is 0 Å². The first-order chi connectivity index (χ1) is 30.9. The maximum Gasteiger partial charge on any atom is 0.136 e. The van der Waals surface area contributed by atoms with Crippen molar-refractivity contribution >= 4 is 49.8 Å². The van der Waals surface area contributed by atoms with E-state index in [-0.39, 0.29) is 5.41 Å². The Morgan fingerprint density at radius 2 is 0.825 bits per heavy atom. The highest BCUT2D eigenvalue weighted by Gasteiger charge is 2.35. The van der Waals surface area contributed by atoms with Crippen LogP contribution in [0.5, 0.6) is 0 Å². The minimum atomic E-state index is -0.114. The first-order valence-electron chi connectivity index (χ1n) is 21.8. The summed E-state index contributed by atoms with van der Waals surface area (Å²) in [5.41, 5.74) is 19.9. The van der Waals surface area contributed by atoms with Gasteiger partial charge in [-0.15, -0.1) is 0 Å². The highest BCUT2D eigenvalue weighted by atomic mass is 16.3. The van der Waals surface area contributed by atoms with E-state index in [9.17, 15) is 0 Å². The third-order valence-corrected chi connectivity index (χ3v) is 13.3. The first kappa shape index (κ1) is 36.9. The van der Waals surface area contributed by atoms with Crippen LogP contribution in [0.1, 0.15) is 25.0 Å². The number of furan rings is 1. The van der Waals surface area contributed by atoms with E-state index in [0.29, 0.717) is 0 Å². The third kappa shape index (κ3) is 6.34. The van der Waals surface area contributed by atoms with Gasteiger partial charge < -0.3 is 9.32 Å². The van der Waals surface area contributed by atoms with E-state index in [1.165, 1.54) is 66.4 Å². The topological polar surface area (TPSA) is 16.4 Å². The number of fused-ring (bicyclic) bond motifs is 7. The van der Waals surface area contributed by atoms with Crippen molar-refractivity contribution in [2.75, 3.05) is 4.90 Å². The summed E-state index contributed by atoms with van der Waals surface area (Å²) in [6, 6.07) is 81.7. The van der Waals surface area contributed by atoms with Gasteiger partial charge in [0, 0.05) is 33.2 Å². The molecule has 0 spiro atoms. The minimum Gasteiger partial charge on any atom is -0.456 e. The third-order valence-electron chi connectivity index (χ3n) is 13.3. The van der Waals surface area contributed by atoms with Crippen molar-refractivity contribution in [2.45, 2.75) is 19.3 Å². The van der Waals surface area contributed by atoms with Crippen LogP contribution in [-0.4, -0.2) is 0 Å². The molecule has 0 bridgehead atoms. The van der Waals surface area contributed by atoms with Gasteiger partial charge in [-0.05, 0) is 150 Å². The summed E-state index contributed by atoms with van der Waals surface area (Å²) in [7, 11) is 0. The van der Waals surface area contributed by atoms with Gasteiger partial charge in [-0.25, -0.2) is 0 Å². The summed E-state index contributed by atoms with van der Waals surface area (Å²) >= 11 is 0. The van der Waals surface area contributed by atoms with Gasteiger partial charge >= 0.3 is 0 Å². The second-order valence-corrected chi connectivity index (χ2v) is 17.4. The molecule has 0 atom stereocenters. The average molecular weight is 806 g/mol. The van der Waals surface area contributed by atoms with Gasteiger partial charge in [-0.1, -0.05) is 166 Å². The Balaban J connectivity index is 0.897. The number of para-hydroxylation sites is 1. The molecule has 1 heterocycles. The largest absolute Gasteiger partial charge is 0.456 e. The molecule has 0 N–H and O–H groups in total. The lowest BCUT2D eigenvalue weighted by molar-refractivity contribution is 0.660. The van der Waals surface area contributed by atoms with Gasteiger partial charge in [0.15, 0.2) is 0 Å². The Labute approximate surface area is 368 Å². The van der Waals surface area contributed by atoms with E-state index in [0.717, 1.165) is 50.1 Å². The molecule has 1 aliphatic carbocycles. The van der Waals surface area contributed by atoms with Crippen LogP contribution >= 0.6 is 0 Å². The number of benzene rings is 10. The zero-order valence-electron chi connectivity index (χ0n) is 35.2. The molecule has 0 radical (unpaired) electrons. The van der Waals surface area contributed by atoms with E-state index >= 15 is 0 Å². The van der Waals surface area contributed by atoms with Crippen molar-refractivity contribution in [3.05, 3.63) is 236 Å². The predicted octanol–water partition coefficient (Wildman–Crippen LogP) is 17.2. The van der Waals surface area contributed by atoms with Crippen molar-refractivity contribution in [3.8, 4) is 55.6 Å². The smallest absolute Gasteiger partial charge is 0.136 e. The molecule has 298 valence electrons. The molecule has 11 aromatic rings. The zero-order valence-corrected chi connectivity index (χ0v) is 35.2. The molecule has 0 saturated carbocycles. The van der Waals surface area contributed by atoms with Crippen LogP contribution in [0.15, 0.2) is 229 Å². The van der Waals surface area contributed by atoms with Crippen LogP contribution in [-0.2, 0) is 5.41 Å². The first-order valence-corrected chi connectivity index (χ1v) is 21.8. The van der Waals surface area contributed by atoms with Gasteiger partial charge in [0.2, 0.25) is 0 Å². The van der Waals surface area contributed by atoms with E-state index < -0.39 is 0 Å². The van der Waals surface area contributed by atoms with E-state index in [1.54, 1.807) is 0 Å². The minimum absolute atomic E-state index is 0.114. The molecule has 0 fully saturated rings. The zero-order chi connectivity index (χ0) is 42.1. The maximum atomic E-state index is 6.26. The summed E-state index contributed by atoms with van der Waals surface area (Å²) < 4.78 is 6.26. The molecule has 0 amide bonds. The van der Waals surface area contributed by atoms with E-state index in [4.69, 9.17) is 4.42 Å². The Morgan fingerprint density at radius 3 is 1.54 bits per heavy atom. The molecule has 2 heteroatoms. The standard InChI is InChI=1S/C61H43NO/c1-61(2)57-19-7-5-17-53(57)54-34-32-52(39-58(54)61)62(51-30-25-42(26-31-51)49-27-33-56-55-18-6-8-20-59(55)63-60(56)38-49)50-28-23-41(24-29-50)44-13-9-14-45(35-44)46-15-10-16-47(37-46)48-22-21-40-11-3-4-12-43(40)36-48/h3-39H,1-2H3. The van der Waals surface area contributed by atoms with Crippen molar-refractivity contribution < 1.29 is 4.42 Å². The molecule has 1 aromatic heterocycles. The molecule has 0 aliphatic heterocycles. The molecule has 2 nitrogen and oxygen atoms in total. The van der Waals surface area contributed by atoms with Crippen LogP contribution in [0.2, 0.25) is 0 Å². The number of rotatable bonds is 7. The fourth-order valence-electron chi connectivity index (χ4n) is 9.92. The number of nitrogens with zero attached hydrogens (tertiary/aromatic N) is 1. The monoisotopic (exact) mass is 805 g/mol. The Hall–Kier alpha value is -7.94. The van der Waals surface area contributed by atoms with Gasteiger partial charge in [0.1, 0.15) is 11.2 Å². The average Bonchev–Trinajstić information content (AvgIpc) is 3.83. The molecule has 63 heavy (non-hydrogen) atoms. The lowest BCUT2D eigenvalue weighted by Crippen LogP contribution is -2.16. The molecular weight excluding hydrogens is 763 g/mol. The van der Waals surface area contributed by atoms with Crippen molar-refractivity contribution in [2.24, 2.45) is 0 Å². The molecule has 12 rings (SSSR count).